The van der Waals surface area contributed by atoms with Crippen molar-refractivity contribution in [3.63, 3.8) is 0 Å². The zero-order chi connectivity index (χ0) is 25.5. The number of nitrogens with zero attached hydrogens (tertiary/aromatic N) is 1. The molecule has 0 saturated carbocycles. The van der Waals surface area contributed by atoms with E-state index in [9.17, 15) is 23.1 Å². The Hall–Kier alpha value is -3.85. The van der Waals surface area contributed by atoms with E-state index in [1.807, 2.05) is 18.2 Å². The van der Waals surface area contributed by atoms with Crippen LogP contribution in [0.2, 0.25) is 0 Å². The largest absolute Gasteiger partial charge is 0.492 e. The van der Waals surface area contributed by atoms with Crippen molar-refractivity contribution >= 4 is 49.1 Å². The molecule has 0 saturated heterocycles. The summed E-state index contributed by atoms with van der Waals surface area (Å²) in [5, 5.41) is 12.5. The lowest BCUT2D eigenvalue weighted by Gasteiger charge is -2.17. The Labute approximate surface area is 203 Å². The molecule has 0 radical (unpaired) electrons. The van der Waals surface area contributed by atoms with Gasteiger partial charge in [0, 0.05) is 17.2 Å². The van der Waals surface area contributed by atoms with Crippen LogP contribution in [-0.2, 0) is 14.8 Å². The van der Waals surface area contributed by atoms with Crippen LogP contribution < -0.4 is 9.56 Å². The van der Waals surface area contributed by atoms with Crippen molar-refractivity contribution in [1.82, 2.24) is 4.73 Å². The highest BCUT2D eigenvalue weighted by molar-refractivity contribution is 7.93. The lowest BCUT2D eigenvalue weighted by Crippen LogP contribution is -2.31. The molecular weight excluding hydrogens is 468 g/mol. The quantitative estimate of drug-likeness (QED) is 0.369. The SMILES string of the molecule is CCC(=O)c1c(O)n(OC(=O)C(C)(C)C)c2cc(NS(=O)(=O)c3cccc4ccccc34)ccc12. The normalized spacial score (nSPS) is 12.1. The number of aromatic nitrogens is 1. The first-order valence-electron chi connectivity index (χ1n) is 11.1. The van der Waals surface area contributed by atoms with Crippen molar-refractivity contribution in [2.24, 2.45) is 5.41 Å². The molecule has 0 atom stereocenters. The minimum Gasteiger partial charge on any atom is -0.492 e. The average molecular weight is 495 g/mol. The number of aromatic hydroxyl groups is 1. The van der Waals surface area contributed by atoms with Crippen molar-refractivity contribution in [3.8, 4) is 5.88 Å². The standard InChI is InChI=1S/C26H26N2O6S/c1-5-21(29)23-19-14-13-17(15-20(19)28(24(23)30)34-25(31)26(2,3)4)27-35(32,33)22-12-8-10-16-9-6-7-11-18(16)22/h6-15,27,30H,5H2,1-4H3. The molecule has 0 aliphatic carbocycles. The lowest BCUT2D eigenvalue weighted by molar-refractivity contribution is -0.153. The van der Waals surface area contributed by atoms with E-state index in [0.717, 1.165) is 10.1 Å². The maximum absolute atomic E-state index is 13.3. The van der Waals surface area contributed by atoms with Gasteiger partial charge in [-0.1, -0.05) is 43.3 Å². The van der Waals surface area contributed by atoms with E-state index < -0.39 is 27.3 Å². The van der Waals surface area contributed by atoms with E-state index >= 15 is 0 Å². The highest BCUT2D eigenvalue weighted by atomic mass is 32.2. The number of hydrogen-bond acceptors (Lipinski definition) is 6. The van der Waals surface area contributed by atoms with Crippen molar-refractivity contribution in [1.29, 1.82) is 0 Å². The van der Waals surface area contributed by atoms with Gasteiger partial charge in [-0.3, -0.25) is 9.52 Å². The summed E-state index contributed by atoms with van der Waals surface area (Å²) in [5.74, 6) is -1.50. The van der Waals surface area contributed by atoms with Crippen LogP contribution >= 0.6 is 0 Å². The van der Waals surface area contributed by atoms with Crippen molar-refractivity contribution in [2.45, 2.75) is 39.0 Å². The van der Waals surface area contributed by atoms with Crippen LogP contribution in [0.4, 0.5) is 5.69 Å². The summed E-state index contributed by atoms with van der Waals surface area (Å²) in [5.41, 5.74) is -0.528. The number of benzene rings is 3. The molecule has 4 rings (SSSR count). The second-order valence-corrected chi connectivity index (χ2v) is 10.9. The van der Waals surface area contributed by atoms with Gasteiger partial charge in [-0.25, -0.2) is 13.2 Å². The number of Topliss-reactive ketones (excluding diaryl/α,β-unsaturated/α-hetero) is 1. The summed E-state index contributed by atoms with van der Waals surface area (Å²) in [6.07, 6.45) is 0.120. The molecule has 0 spiro atoms. The monoisotopic (exact) mass is 494 g/mol. The van der Waals surface area contributed by atoms with Crippen LogP contribution in [0.25, 0.3) is 21.7 Å². The first-order chi connectivity index (χ1) is 16.4. The van der Waals surface area contributed by atoms with Gasteiger partial charge in [0.05, 0.1) is 27.1 Å². The van der Waals surface area contributed by atoms with Gasteiger partial charge < -0.3 is 9.94 Å². The van der Waals surface area contributed by atoms with Gasteiger partial charge in [0.25, 0.3) is 10.0 Å². The van der Waals surface area contributed by atoms with Gasteiger partial charge in [0.2, 0.25) is 5.88 Å². The van der Waals surface area contributed by atoms with E-state index in [1.54, 1.807) is 45.9 Å². The fourth-order valence-electron chi connectivity index (χ4n) is 3.71. The second kappa shape index (κ2) is 8.74. The van der Waals surface area contributed by atoms with Gasteiger partial charge in [0.15, 0.2) is 5.78 Å². The Morgan fingerprint density at radius 1 is 1.00 bits per heavy atom. The summed E-state index contributed by atoms with van der Waals surface area (Å²) in [4.78, 5) is 30.6. The maximum atomic E-state index is 13.3. The third-order valence-electron chi connectivity index (χ3n) is 5.58. The number of fused-ring (bicyclic) bond motifs is 2. The molecular formula is C26H26N2O6S. The third-order valence-corrected chi connectivity index (χ3v) is 7.02. The molecule has 1 heterocycles. The third kappa shape index (κ3) is 4.46. The molecule has 0 amide bonds. The Bertz CT molecular complexity index is 1570. The number of hydrogen-bond donors (Lipinski definition) is 2. The highest BCUT2D eigenvalue weighted by Crippen LogP contribution is 2.35. The van der Waals surface area contributed by atoms with Crippen LogP contribution in [0.1, 0.15) is 44.5 Å². The maximum Gasteiger partial charge on any atom is 0.338 e. The van der Waals surface area contributed by atoms with Crippen LogP contribution in [0.5, 0.6) is 5.88 Å². The molecule has 1 aromatic heterocycles. The van der Waals surface area contributed by atoms with Gasteiger partial charge in [-0.2, -0.15) is 0 Å². The number of sulfonamides is 1. The minimum atomic E-state index is -3.99. The first-order valence-corrected chi connectivity index (χ1v) is 12.6. The predicted molar refractivity (Wildman–Crippen MR) is 134 cm³/mol. The van der Waals surface area contributed by atoms with Gasteiger partial charge in [-0.05, 0) is 50.4 Å². The van der Waals surface area contributed by atoms with Crippen LogP contribution in [0.15, 0.2) is 65.6 Å². The molecule has 0 unspecified atom stereocenters. The summed E-state index contributed by atoms with van der Waals surface area (Å²) < 4.78 is 30.0. The Morgan fingerprint density at radius 2 is 1.69 bits per heavy atom. The fourth-order valence-corrected chi connectivity index (χ4v) is 5.00. The van der Waals surface area contributed by atoms with E-state index in [4.69, 9.17) is 4.84 Å². The minimum absolute atomic E-state index is 0.00710. The van der Waals surface area contributed by atoms with E-state index in [2.05, 4.69) is 4.72 Å². The Balaban J connectivity index is 1.83. The van der Waals surface area contributed by atoms with Crippen molar-refractivity contribution in [2.75, 3.05) is 4.72 Å². The van der Waals surface area contributed by atoms with Crippen LogP contribution in [-0.4, -0.2) is 30.0 Å². The Kier molecular flexibility index (Phi) is 6.06. The summed E-state index contributed by atoms with van der Waals surface area (Å²) in [6.45, 7) is 6.61. The van der Waals surface area contributed by atoms with Gasteiger partial charge >= 0.3 is 5.97 Å². The molecule has 2 N–H and O–H groups in total. The molecule has 8 nitrogen and oxygen atoms in total. The zero-order valence-corrected chi connectivity index (χ0v) is 20.6. The smallest absolute Gasteiger partial charge is 0.338 e. The summed E-state index contributed by atoms with van der Waals surface area (Å²) in [7, 11) is -3.99. The van der Waals surface area contributed by atoms with Crippen molar-refractivity contribution in [3.05, 3.63) is 66.2 Å². The number of ketones is 1. The number of carbonyl (C=O) groups is 2. The number of anilines is 1. The van der Waals surface area contributed by atoms with E-state index in [0.29, 0.717) is 10.8 Å². The molecule has 9 heteroatoms. The van der Waals surface area contributed by atoms with Crippen LogP contribution in [0.3, 0.4) is 0 Å². The molecule has 0 aliphatic heterocycles. The number of carbonyl (C=O) groups excluding carboxylic acids is 2. The lowest BCUT2D eigenvalue weighted by atomic mass is 9.98. The molecule has 182 valence electrons. The molecule has 4 aromatic rings. The predicted octanol–water partition coefficient (Wildman–Crippen LogP) is 4.89. The molecule has 0 aliphatic rings. The average Bonchev–Trinajstić information content (AvgIpc) is 3.08. The van der Waals surface area contributed by atoms with Gasteiger partial charge in [0.1, 0.15) is 0 Å². The molecule has 0 bridgehead atoms. The Morgan fingerprint density at radius 3 is 2.37 bits per heavy atom. The summed E-state index contributed by atoms with van der Waals surface area (Å²) >= 11 is 0. The topological polar surface area (TPSA) is 115 Å². The van der Waals surface area contributed by atoms with Crippen molar-refractivity contribution < 1.29 is 28.0 Å². The first kappa shape index (κ1) is 24.3. The van der Waals surface area contributed by atoms with Crippen LogP contribution in [0, 0.1) is 5.41 Å². The second-order valence-electron chi connectivity index (χ2n) is 9.21. The molecule has 3 aromatic carbocycles. The fraction of sp³-hybridized carbons (Fsp3) is 0.231. The zero-order valence-electron chi connectivity index (χ0n) is 19.8. The van der Waals surface area contributed by atoms with E-state index in [1.165, 1.54) is 24.3 Å². The van der Waals surface area contributed by atoms with Gasteiger partial charge in [-0.15, -0.1) is 4.73 Å². The molecule has 0 fully saturated rings. The van der Waals surface area contributed by atoms with E-state index in [-0.39, 0.29) is 33.9 Å². The number of rotatable bonds is 6. The highest BCUT2D eigenvalue weighted by Gasteiger charge is 2.29. The summed E-state index contributed by atoms with van der Waals surface area (Å²) in [6, 6.07) is 16.6. The molecule has 35 heavy (non-hydrogen) atoms. The number of nitrogens with one attached hydrogen (secondary N) is 1.